The van der Waals surface area contributed by atoms with Crippen LogP contribution in [0.25, 0.3) is 11.3 Å². The van der Waals surface area contributed by atoms with Crippen LogP contribution in [0.4, 0.5) is 11.8 Å². The molecule has 11 nitrogen and oxygen atoms in total. The number of rotatable bonds is 8. The molecule has 1 aromatic carbocycles. The maximum atomic E-state index is 13.6. The molecule has 3 aromatic rings. The summed E-state index contributed by atoms with van der Waals surface area (Å²) in [6.07, 6.45) is 5.14. The van der Waals surface area contributed by atoms with Crippen LogP contribution in [-0.4, -0.2) is 95.1 Å². The van der Waals surface area contributed by atoms with Gasteiger partial charge < -0.3 is 30.1 Å². The summed E-state index contributed by atoms with van der Waals surface area (Å²) in [7, 11) is 2.12. The second-order valence-corrected chi connectivity index (χ2v) is 12.3. The molecule has 0 bridgehead atoms. The third-order valence-corrected chi connectivity index (χ3v) is 9.09. The van der Waals surface area contributed by atoms with Gasteiger partial charge in [0.05, 0.1) is 23.0 Å². The summed E-state index contributed by atoms with van der Waals surface area (Å²) in [6, 6.07) is 8.95. The van der Waals surface area contributed by atoms with Crippen molar-refractivity contribution >= 4 is 35.2 Å². The SMILES string of the molecule is CC(NC(=O)C(C)N1Cc2ccc(-c3nc(NC4CCOCC4)ncc3Cl)cc2C1=O)c1ccnc(N2CCN(C)CC2)c1. The first-order chi connectivity index (χ1) is 21.3. The van der Waals surface area contributed by atoms with Crippen LogP contribution in [0.15, 0.2) is 42.7 Å². The molecule has 2 aromatic heterocycles. The predicted molar refractivity (Wildman–Crippen MR) is 170 cm³/mol. The largest absolute Gasteiger partial charge is 0.381 e. The number of aromatic nitrogens is 3. The Morgan fingerprint density at radius 3 is 2.61 bits per heavy atom. The van der Waals surface area contributed by atoms with Crippen LogP contribution in [0.3, 0.4) is 0 Å². The number of anilines is 2. The second-order valence-electron chi connectivity index (χ2n) is 11.9. The Morgan fingerprint density at radius 1 is 1.07 bits per heavy atom. The lowest BCUT2D eigenvalue weighted by atomic mass is 10.0. The number of nitrogens with one attached hydrogen (secondary N) is 2. The first-order valence-corrected chi connectivity index (χ1v) is 15.7. The smallest absolute Gasteiger partial charge is 0.255 e. The fourth-order valence-corrected chi connectivity index (χ4v) is 6.12. The highest BCUT2D eigenvalue weighted by atomic mass is 35.5. The Kier molecular flexibility index (Phi) is 8.97. The van der Waals surface area contributed by atoms with Crippen LogP contribution in [0.2, 0.25) is 5.02 Å². The highest BCUT2D eigenvalue weighted by molar-refractivity contribution is 6.33. The molecule has 2 fully saturated rings. The summed E-state index contributed by atoms with van der Waals surface area (Å²) in [5.74, 6) is 1.01. The summed E-state index contributed by atoms with van der Waals surface area (Å²) in [6.45, 7) is 9.31. The van der Waals surface area contributed by atoms with E-state index >= 15 is 0 Å². The molecule has 232 valence electrons. The number of pyridine rings is 1. The molecule has 6 rings (SSSR count). The summed E-state index contributed by atoms with van der Waals surface area (Å²) >= 11 is 6.51. The topological polar surface area (TPSA) is 116 Å². The minimum absolute atomic E-state index is 0.191. The Hall–Kier alpha value is -3.80. The Bertz CT molecular complexity index is 1520. The highest BCUT2D eigenvalue weighted by Crippen LogP contribution is 2.32. The standard InChI is InChI=1S/C32H39ClN8O3/c1-20(22-6-9-34-28(17-22)40-12-10-39(3)11-13-40)36-30(42)21(2)41-19-24-5-4-23(16-26(24)31(41)43)29-27(33)18-35-32(38-29)37-25-7-14-44-15-8-25/h4-6,9,16-18,20-21,25H,7-8,10-15,19H2,1-3H3,(H,36,42)(H,35,37,38). The van der Waals surface area contributed by atoms with E-state index in [2.05, 4.69) is 42.4 Å². The van der Waals surface area contributed by atoms with Gasteiger partial charge in [-0.15, -0.1) is 0 Å². The van der Waals surface area contributed by atoms with E-state index in [0.29, 0.717) is 42.0 Å². The van der Waals surface area contributed by atoms with Crippen molar-refractivity contribution in [3.8, 4) is 11.3 Å². The van der Waals surface area contributed by atoms with E-state index in [1.165, 1.54) is 0 Å². The number of hydrogen-bond acceptors (Lipinski definition) is 9. The van der Waals surface area contributed by atoms with E-state index in [1.807, 2.05) is 37.3 Å². The Morgan fingerprint density at radius 2 is 1.84 bits per heavy atom. The number of ether oxygens (including phenoxy) is 1. The monoisotopic (exact) mass is 618 g/mol. The third-order valence-electron chi connectivity index (χ3n) is 8.82. The molecular weight excluding hydrogens is 580 g/mol. The van der Waals surface area contributed by atoms with Gasteiger partial charge in [-0.1, -0.05) is 23.7 Å². The molecule has 2 unspecified atom stereocenters. The molecule has 12 heteroatoms. The maximum absolute atomic E-state index is 13.6. The lowest BCUT2D eigenvalue weighted by Gasteiger charge is -2.33. The molecule has 2 atom stereocenters. The van der Waals surface area contributed by atoms with Crippen molar-refractivity contribution in [3.05, 3.63) is 64.4 Å². The van der Waals surface area contributed by atoms with Crippen LogP contribution in [0.5, 0.6) is 0 Å². The van der Waals surface area contributed by atoms with E-state index in [9.17, 15) is 9.59 Å². The van der Waals surface area contributed by atoms with Crippen LogP contribution in [0.1, 0.15) is 54.2 Å². The first-order valence-electron chi connectivity index (χ1n) is 15.3. The zero-order valence-corrected chi connectivity index (χ0v) is 26.2. The summed E-state index contributed by atoms with van der Waals surface area (Å²) in [4.78, 5) is 46.7. The van der Waals surface area contributed by atoms with E-state index in [1.54, 1.807) is 24.2 Å². The summed E-state index contributed by atoms with van der Waals surface area (Å²) in [5, 5.41) is 6.88. The molecule has 2 saturated heterocycles. The Labute approximate surface area is 263 Å². The molecule has 2 amide bonds. The molecule has 5 heterocycles. The highest BCUT2D eigenvalue weighted by Gasteiger charge is 2.35. The van der Waals surface area contributed by atoms with Crippen LogP contribution in [-0.2, 0) is 16.1 Å². The summed E-state index contributed by atoms with van der Waals surface area (Å²) < 4.78 is 5.44. The van der Waals surface area contributed by atoms with Crippen molar-refractivity contribution in [2.24, 2.45) is 0 Å². The van der Waals surface area contributed by atoms with Crippen LogP contribution >= 0.6 is 11.6 Å². The molecular formula is C32H39ClN8O3. The molecule has 0 saturated carbocycles. The van der Waals surface area contributed by atoms with Gasteiger partial charge in [0.2, 0.25) is 11.9 Å². The van der Waals surface area contributed by atoms with Crippen molar-refractivity contribution < 1.29 is 14.3 Å². The van der Waals surface area contributed by atoms with Gasteiger partial charge in [-0.25, -0.2) is 15.0 Å². The molecule has 44 heavy (non-hydrogen) atoms. The number of benzene rings is 1. The zero-order chi connectivity index (χ0) is 30.8. The number of nitrogens with zero attached hydrogens (tertiary/aromatic N) is 6. The number of halogens is 1. The number of likely N-dealkylation sites (N-methyl/N-ethyl adjacent to an activating group) is 1. The van der Waals surface area contributed by atoms with Crippen LogP contribution in [0, 0.1) is 0 Å². The quantitative estimate of drug-likeness (QED) is 0.389. The summed E-state index contributed by atoms with van der Waals surface area (Å²) in [5.41, 5.74) is 3.67. The van der Waals surface area contributed by atoms with Gasteiger partial charge in [-0.2, -0.15) is 0 Å². The van der Waals surface area contributed by atoms with Gasteiger partial charge >= 0.3 is 0 Å². The van der Waals surface area contributed by atoms with Gasteiger partial charge in [0.15, 0.2) is 0 Å². The maximum Gasteiger partial charge on any atom is 0.255 e. The number of carbonyl (C=O) groups excluding carboxylic acids is 2. The number of carbonyl (C=O) groups is 2. The van der Waals surface area contributed by atoms with Crippen molar-refractivity contribution in [3.63, 3.8) is 0 Å². The fourth-order valence-electron chi connectivity index (χ4n) is 5.92. The number of piperazine rings is 1. The number of amides is 2. The van der Waals surface area contributed by atoms with Gasteiger partial charge in [0.1, 0.15) is 11.9 Å². The van der Waals surface area contributed by atoms with Crippen molar-refractivity contribution in [1.82, 2.24) is 30.1 Å². The normalized spacial score (nSPS) is 19.0. The molecule has 2 N–H and O–H groups in total. The van der Waals surface area contributed by atoms with Crippen molar-refractivity contribution in [2.75, 3.05) is 56.7 Å². The van der Waals surface area contributed by atoms with E-state index < -0.39 is 6.04 Å². The van der Waals surface area contributed by atoms with Gasteiger partial charge in [-0.05, 0) is 63.1 Å². The van der Waals surface area contributed by atoms with Crippen molar-refractivity contribution in [1.29, 1.82) is 0 Å². The number of hydrogen-bond donors (Lipinski definition) is 2. The lowest BCUT2D eigenvalue weighted by molar-refractivity contribution is -0.125. The van der Waals surface area contributed by atoms with Gasteiger partial charge in [-0.3, -0.25) is 9.59 Å². The van der Waals surface area contributed by atoms with Gasteiger partial charge in [0, 0.05) is 69.3 Å². The Balaban J connectivity index is 1.12. The predicted octanol–water partition coefficient (Wildman–Crippen LogP) is 3.76. The average molecular weight is 619 g/mol. The fraction of sp³-hybridized carbons (Fsp3) is 0.469. The second kappa shape index (κ2) is 13.1. The minimum Gasteiger partial charge on any atom is -0.381 e. The van der Waals surface area contributed by atoms with E-state index in [-0.39, 0.29) is 23.9 Å². The van der Waals surface area contributed by atoms with E-state index in [4.69, 9.17) is 16.3 Å². The molecule has 3 aliphatic heterocycles. The van der Waals surface area contributed by atoms with Gasteiger partial charge in [0.25, 0.3) is 5.91 Å². The lowest BCUT2D eigenvalue weighted by Crippen LogP contribution is -2.46. The molecule has 0 spiro atoms. The number of fused-ring (bicyclic) bond motifs is 1. The molecule has 0 radical (unpaired) electrons. The minimum atomic E-state index is -0.655. The molecule has 3 aliphatic rings. The first kappa shape index (κ1) is 30.2. The third kappa shape index (κ3) is 6.50. The van der Waals surface area contributed by atoms with Crippen LogP contribution < -0.4 is 15.5 Å². The van der Waals surface area contributed by atoms with E-state index in [0.717, 1.165) is 61.5 Å². The average Bonchev–Trinajstić information content (AvgIpc) is 3.37. The molecule has 0 aliphatic carbocycles. The van der Waals surface area contributed by atoms with Crippen molar-refractivity contribution in [2.45, 2.75) is 51.4 Å². The zero-order valence-electron chi connectivity index (χ0n) is 25.4.